The minimum absolute atomic E-state index is 0.801. The summed E-state index contributed by atoms with van der Waals surface area (Å²) in [6.45, 7) is 3.46. The molecule has 12 nitrogen and oxygen atoms in total. The molecule has 4 aromatic carbocycles. The monoisotopic (exact) mass is 785 g/mol. The standard InChI is InChI=1S/C47H51N12/c1-54(2)44-25-21-40(22-26-44)48-38-13-17-42(18-14-38)50-52-46-11-5-7-31-58(46)33-9-29-56-35-36-57(37-56)30-10-34-59-32-8-6-12-47(59)53-51-43-19-15-39(16-20-43)49-41-23-27-45(28-24-41)55(3)4/h5-8,11-28,31-32,35-37H,9-10,29-30,33-34H2,1-4H3/q+1/p+2. The van der Waals surface area contributed by atoms with Gasteiger partial charge in [-0.15, -0.1) is 0 Å². The van der Waals surface area contributed by atoms with E-state index >= 15 is 0 Å². The molecular weight excluding hydrogens is 733 g/mol. The number of azo groups is 2. The van der Waals surface area contributed by atoms with Crippen molar-refractivity contribution in [2.75, 3.05) is 48.6 Å². The number of hydrogen-bond acceptors (Lipinski definition) is 8. The van der Waals surface area contributed by atoms with Gasteiger partial charge in [0.05, 0.1) is 48.8 Å². The van der Waals surface area contributed by atoms with Crippen molar-refractivity contribution in [3.63, 3.8) is 0 Å². The van der Waals surface area contributed by atoms with E-state index in [1.807, 2.05) is 113 Å². The first-order valence-electron chi connectivity index (χ1n) is 20.0. The van der Waals surface area contributed by atoms with Crippen LogP contribution in [0.1, 0.15) is 12.8 Å². The summed E-state index contributed by atoms with van der Waals surface area (Å²) >= 11 is 0. The van der Waals surface area contributed by atoms with Gasteiger partial charge in [0.2, 0.25) is 6.33 Å². The van der Waals surface area contributed by atoms with E-state index in [0.717, 1.165) is 96.2 Å². The summed E-state index contributed by atoms with van der Waals surface area (Å²) in [6.07, 6.45) is 12.5. The van der Waals surface area contributed by atoms with Crippen LogP contribution in [0.25, 0.3) is 0 Å². The zero-order valence-corrected chi connectivity index (χ0v) is 34.3. The van der Waals surface area contributed by atoms with E-state index in [1.165, 1.54) is 0 Å². The number of hydrogen-bond donors (Lipinski definition) is 2. The highest BCUT2D eigenvalue weighted by Gasteiger charge is 2.13. The van der Waals surface area contributed by atoms with Crippen molar-refractivity contribution in [3.05, 3.63) is 165 Å². The lowest BCUT2D eigenvalue weighted by atomic mass is 10.2. The van der Waals surface area contributed by atoms with E-state index in [-0.39, 0.29) is 0 Å². The second-order valence-electron chi connectivity index (χ2n) is 14.7. The van der Waals surface area contributed by atoms with E-state index in [0.29, 0.717) is 0 Å². The fourth-order valence-electron chi connectivity index (χ4n) is 6.50. The molecule has 2 N–H and O–H groups in total. The first-order valence-corrected chi connectivity index (χ1v) is 20.0. The quantitative estimate of drug-likeness (QED) is 0.0669. The van der Waals surface area contributed by atoms with Gasteiger partial charge in [0, 0.05) is 87.3 Å². The van der Waals surface area contributed by atoms with Gasteiger partial charge >= 0.3 is 11.6 Å². The summed E-state index contributed by atoms with van der Waals surface area (Å²) in [7, 11) is 8.16. The van der Waals surface area contributed by atoms with Crippen LogP contribution in [0.3, 0.4) is 0 Å². The summed E-state index contributed by atoms with van der Waals surface area (Å²) in [5.41, 5.74) is 8.01. The van der Waals surface area contributed by atoms with Crippen molar-refractivity contribution in [3.8, 4) is 0 Å². The maximum atomic E-state index is 4.59. The summed E-state index contributed by atoms with van der Waals surface area (Å²) in [5, 5.41) is 25.1. The van der Waals surface area contributed by atoms with Gasteiger partial charge in [0.15, 0.2) is 0 Å². The van der Waals surface area contributed by atoms with E-state index in [2.05, 4.69) is 139 Å². The third-order valence-electron chi connectivity index (χ3n) is 9.83. The van der Waals surface area contributed by atoms with Crippen molar-refractivity contribution in [2.45, 2.75) is 39.0 Å². The van der Waals surface area contributed by atoms with E-state index in [1.54, 1.807) is 0 Å². The van der Waals surface area contributed by atoms with Gasteiger partial charge in [0.1, 0.15) is 23.8 Å². The predicted molar refractivity (Wildman–Crippen MR) is 236 cm³/mol. The summed E-state index contributed by atoms with van der Waals surface area (Å²) in [4.78, 5) is 4.17. The highest BCUT2D eigenvalue weighted by molar-refractivity contribution is 5.65. The molecule has 3 heterocycles. The van der Waals surface area contributed by atoms with Crippen LogP contribution >= 0.6 is 0 Å². The summed E-state index contributed by atoms with van der Waals surface area (Å²) in [5.74, 6) is 1.65. The average Bonchev–Trinajstić information content (AvgIpc) is 3.71. The van der Waals surface area contributed by atoms with Crippen molar-refractivity contribution in [1.29, 1.82) is 0 Å². The van der Waals surface area contributed by atoms with Gasteiger partial charge in [-0.2, -0.15) is 0 Å². The van der Waals surface area contributed by atoms with E-state index in [4.69, 9.17) is 0 Å². The van der Waals surface area contributed by atoms with Gasteiger partial charge in [-0.05, 0) is 119 Å². The fraction of sp³-hybridized carbons (Fsp3) is 0.213. The molecule has 0 fully saturated rings. The van der Waals surface area contributed by atoms with Crippen molar-refractivity contribution in [2.24, 2.45) is 20.5 Å². The van der Waals surface area contributed by atoms with Crippen molar-refractivity contribution >= 4 is 57.1 Å². The summed E-state index contributed by atoms with van der Waals surface area (Å²) < 4.78 is 8.79. The molecule has 0 unspecified atom stereocenters. The molecule has 0 aliphatic carbocycles. The average molecular weight is 786 g/mol. The molecule has 0 aliphatic rings. The first kappa shape index (κ1) is 40.0. The topological polar surface area (TPSA) is 96.5 Å². The molecule has 7 rings (SSSR count). The zero-order chi connectivity index (χ0) is 40.8. The number of rotatable bonds is 18. The van der Waals surface area contributed by atoms with Crippen LogP contribution in [0, 0.1) is 0 Å². The minimum atomic E-state index is 0.801. The second kappa shape index (κ2) is 19.8. The molecule has 0 aliphatic heterocycles. The molecule has 0 bridgehead atoms. The Labute approximate surface area is 347 Å². The molecule has 0 saturated carbocycles. The Morgan fingerprint density at radius 1 is 0.475 bits per heavy atom. The smallest absolute Gasteiger partial charge is 0.350 e. The number of anilines is 6. The van der Waals surface area contributed by atoms with Crippen LogP contribution in [0.5, 0.6) is 0 Å². The Kier molecular flexibility index (Phi) is 13.4. The van der Waals surface area contributed by atoms with E-state index in [9.17, 15) is 0 Å². The van der Waals surface area contributed by atoms with E-state index < -0.39 is 0 Å². The molecule has 0 saturated heterocycles. The van der Waals surface area contributed by atoms with Crippen molar-refractivity contribution in [1.82, 2.24) is 4.57 Å². The molecule has 3 aromatic heterocycles. The molecule has 0 atom stereocenters. The normalized spacial score (nSPS) is 11.3. The Hall–Kier alpha value is -7.21. The maximum Gasteiger partial charge on any atom is 0.350 e. The van der Waals surface area contributed by atoms with Crippen LogP contribution in [-0.4, -0.2) is 32.8 Å². The number of aromatic nitrogens is 4. The highest BCUT2D eigenvalue weighted by Crippen LogP contribution is 2.25. The number of benzene rings is 4. The lowest BCUT2D eigenvalue weighted by Crippen LogP contribution is -2.38. The predicted octanol–water partition coefficient (Wildman–Crippen LogP) is 9.98. The molecule has 7 aromatic rings. The van der Waals surface area contributed by atoms with Gasteiger partial charge in [-0.25, -0.2) is 18.3 Å². The van der Waals surface area contributed by atoms with Gasteiger partial charge in [-0.3, -0.25) is 0 Å². The minimum Gasteiger partial charge on any atom is -0.378 e. The maximum absolute atomic E-state index is 4.59. The Balaban J connectivity index is 0.852. The molecule has 0 amide bonds. The molecule has 298 valence electrons. The highest BCUT2D eigenvalue weighted by atomic mass is 15.2. The van der Waals surface area contributed by atoms with Crippen LogP contribution < -0.4 is 34.1 Å². The number of aryl methyl sites for hydroxylation is 4. The molecule has 0 spiro atoms. The van der Waals surface area contributed by atoms with Crippen LogP contribution in [0.15, 0.2) is 185 Å². The Morgan fingerprint density at radius 2 is 0.915 bits per heavy atom. The molecule has 59 heavy (non-hydrogen) atoms. The van der Waals surface area contributed by atoms with Crippen LogP contribution in [0.2, 0.25) is 0 Å². The number of imidazole rings is 1. The first-order chi connectivity index (χ1) is 28.8. The third-order valence-corrected chi connectivity index (χ3v) is 9.83. The SMILES string of the molecule is CN(C)c1ccc(Nc2ccc(N=Nc3cccc[n+]3CCCn3cc[n+](CCC[n+]4ccccc4N=Nc4ccc(Nc5ccc(N(C)C)cc5)cc4)c3)cc2)cc1. The largest absolute Gasteiger partial charge is 0.378 e. The molecule has 0 radical (unpaired) electrons. The fourth-order valence-corrected chi connectivity index (χ4v) is 6.50. The van der Waals surface area contributed by atoms with Crippen molar-refractivity contribution < 1.29 is 13.7 Å². The number of nitrogens with one attached hydrogen (secondary N) is 2. The van der Waals surface area contributed by atoms with Gasteiger partial charge < -0.3 is 20.4 Å². The van der Waals surface area contributed by atoms with Crippen LogP contribution in [-0.2, 0) is 26.2 Å². The zero-order valence-electron chi connectivity index (χ0n) is 34.3. The number of nitrogens with zero attached hydrogens (tertiary/aromatic N) is 10. The Bertz CT molecular complexity index is 2260. The van der Waals surface area contributed by atoms with Gasteiger partial charge in [0.25, 0.3) is 0 Å². The van der Waals surface area contributed by atoms with Gasteiger partial charge in [-0.1, -0.05) is 12.1 Å². The third kappa shape index (κ3) is 11.7. The molecule has 12 heteroatoms. The Morgan fingerprint density at radius 3 is 1.37 bits per heavy atom. The number of pyridine rings is 2. The second-order valence-corrected chi connectivity index (χ2v) is 14.7. The lowest BCUT2D eigenvalue weighted by Gasteiger charge is -2.13. The van der Waals surface area contributed by atoms with Crippen LogP contribution in [0.4, 0.5) is 57.1 Å². The molecular formula is C47H53N12+3. The summed E-state index contributed by atoms with van der Waals surface area (Å²) in [6, 6.07) is 44.8. The lowest BCUT2D eigenvalue weighted by molar-refractivity contribution is -0.721.